The topological polar surface area (TPSA) is 86.8 Å². The number of sulfonamides is 1. The summed E-state index contributed by atoms with van der Waals surface area (Å²) in [5, 5.41) is 3.86. The van der Waals surface area contributed by atoms with Crippen LogP contribution in [0.5, 0.6) is 0 Å². The van der Waals surface area contributed by atoms with Crippen LogP contribution in [0, 0.1) is 20.8 Å². The Morgan fingerprint density at radius 1 is 0.833 bits per heavy atom. The highest BCUT2D eigenvalue weighted by Gasteiger charge is 2.36. The van der Waals surface area contributed by atoms with E-state index in [0.29, 0.717) is 26.9 Å². The summed E-state index contributed by atoms with van der Waals surface area (Å²) in [7, 11) is -4.21. The van der Waals surface area contributed by atoms with Gasteiger partial charge >= 0.3 is 0 Å². The van der Waals surface area contributed by atoms with Crippen LogP contribution in [0.3, 0.4) is 0 Å². The Balaban J connectivity index is 1.61. The van der Waals surface area contributed by atoms with Crippen molar-refractivity contribution >= 4 is 50.7 Å². The zero-order chi connectivity index (χ0) is 34.4. The molecule has 7 nitrogen and oxygen atoms in total. The van der Waals surface area contributed by atoms with Crippen LogP contribution < -0.4 is 9.62 Å². The van der Waals surface area contributed by atoms with Crippen LogP contribution in [0.15, 0.2) is 95.9 Å². The third-order valence-electron chi connectivity index (χ3n) is 8.87. The molecule has 1 N–H and O–H groups in total. The molecule has 48 heavy (non-hydrogen) atoms. The molecule has 0 saturated heterocycles. The summed E-state index contributed by atoms with van der Waals surface area (Å²) >= 11 is 13.3. The van der Waals surface area contributed by atoms with Crippen molar-refractivity contribution in [2.45, 2.75) is 76.4 Å². The minimum absolute atomic E-state index is 0.00486. The Hall–Kier alpha value is -3.85. The van der Waals surface area contributed by atoms with E-state index in [1.54, 1.807) is 48.5 Å². The van der Waals surface area contributed by atoms with Gasteiger partial charge in [0.15, 0.2) is 0 Å². The second kappa shape index (κ2) is 15.6. The van der Waals surface area contributed by atoms with Crippen LogP contribution in [0.1, 0.15) is 53.5 Å². The normalized spacial score (nSPS) is 14.0. The molecule has 1 aliphatic rings. The molecule has 10 heteroatoms. The van der Waals surface area contributed by atoms with Gasteiger partial charge in [0.25, 0.3) is 10.0 Å². The summed E-state index contributed by atoms with van der Waals surface area (Å²) in [6.07, 6.45) is 3.98. The Morgan fingerprint density at radius 2 is 1.46 bits per heavy atom. The van der Waals surface area contributed by atoms with Gasteiger partial charge in [-0.15, -0.1) is 0 Å². The number of amides is 2. The number of nitrogens with one attached hydrogen (secondary N) is 1. The van der Waals surface area contributed by atoms with Gasteiger partial charge in [0.05, 0.1) is 10.6 Å². The zero-order valence-electron chi connectivity index (χ0n) is 27.5. The van der Waals surface area contributed by atoms with E-state index in [9.17, 15) is 18.0 Å². The van der Waals surface area contributed by atoms with Crippen molar-refractivity contribution in [2.75, 3.05) is 10.8 Å². The quantitative estimate of drug-likeness (QED) is 0.163. The molecule has 252 valence electrons. The maximum atomic E-state index is 14.8. The van der Waals surface area contributed by atoms with Crippen LogP contribution in [-0.4, -0.2) is 43.8 Å². The van der Waals surface area contributed by atoms with Crippen molar-refractivity contribution < 1.29 is 18.0 Å². The zero-order valence-corrected chi connectivity index (χ0v) is 29.8. The van der Waals surface area contributed by atoms with E-state index in [0.717, 1.165) is 46.7 Å². The standard InChI is InChI=1S/C38H41Cl2N3O4S/c1-26-16-19-31(20-17-26)48(46,47)43(35-21-18-27(2)22-28(35)3)25-37(44)42(24-32-33(39)14-9-15-34(32)40)36(23-29-10-5-4-6-11-29)38(45)41-30-12-7-8-13-30/h4-6,9-11,14-22,30,36H,7-8,12-13,23-25H2,1-3H3,(H,41,45)/t36-/m1/s1. The van der Waals surface area contributed by atoms with Crippen LogP contribution in [0.2, 0.25) is 10.0 Å². The van der Waals surface area contributed by atoms with Crippen LogP contribution >= 0.6 is 23.2 Å². The second-order valence-electron chi connectivity index (χ2n) is 12.5. The molecule has 0 bridgehead atoms. The Morgan fingerprint density at radius 3 is 2.08 bits per heavy atom. The average Bonchev–Trinajstić information content (AvgIpc) is 3.56. The molecule has 1 fully saturated rings. The fourth-order valence-electron chi connectivity index (χ4n) is 6.21. The average molecular weight is 707 g/mol. The number of benzene rings is 4. The summed E-state index contributed by atoms with van der Waals surface area (Å²) in [5.41, 5.74) is 4.25. The molecule has 1 aliphatic carbocycles. The minimum Gasteiger partial charge on any atom is -0.352 e. The maximum Gasteiger partial charge on any atom is 0.264 e. The fourth-order valence-corrected chi connectivity index (χ4v) is 8.21. The lowest BCUT2D eigenvalue weighted by Crippen LogP contribution is -2.54. The van der Waals surface area contributed by atoms with Crippen molar-refractivity contribution in [3.8, 4) is 0 Å². The van der Waals surface area contributed by atoms with E-state index < -0.39 is 28.5 Å². The number of halogens is 2. The fraction of sp³-hybridized carbons (Fsp3) is 0.316. The predicted molar refractivity (Wildman–Crippen MR) is 193 cm³/mol. The third kappa shape index (κ3) is 8.41. The monoisotopic (exact) mass is 705 g/mol. The first kappa shape index (κ1) is 35.5. The molecule has 0 aromatic heterocycles. The summed E-state index contributed by atoms with van der Waals surface area (Å²) in [5.74, 6) is -0.870. The summed E-state index contributed by atoms with van der Waals surface area (Å²) in [6, 6.07) is 25.5. The van der Waals surface area contributed by atoms with Gasteiger partial charge in [-0.05, 0) is 75.1 Å². The molecule has 4 aromatic carbocycles. The first-order chi connectivity index (χ1) is 22.9. The third-order valence-corrected chi connectivity index (χ3v) is 11.4. The molecule has 0 spiro atoms. The number of hydrogen-bond acceptors (Lipinski definition) is 4. The number of anilines is 1. The SMILES string of the molecule is Cc1ccc(S(=O)(=O)N(CC(=O)N(Cc2c(Cl)cccc2Cl)[C@H](Cc2ccccc2)C(=O)NC2CCCC2)c2ccc(C)cc2C)cc1. The number of aryl methyl sites for hydroxylation is 3. The summed E-state index contributed by atoms with van der Waals surface area (Å²) in [4.78, 5) is 30.5. The van der Waals surface area contributed by atoms with Gasteiger partial charge in [-0.2, -0.15) is 0 Å². The number of hydrogen-bond donors (Lipinski definition) is 1. The highest BCUT2D eigenvalue weighted by Crippen LogP contribution is 2.31. The van der Waals surface area contributed by atoms with Gasteiger partial charge in [0.1, 0.15) is 12.6 Å². The molecule has 1 atom stereocenters. The molecule has 1 saturated carbocycles. The van der Waals surface area contributed by atoms with E-state index in [4.69, 9.17) is 23.2 Å². The molecule has 0 unspecified atom stereocenters. The second-order valence-corrected chi connectivity index (χ2v) is 15.2. The van der Waals surface area contributed by atoms with Crippen LogP contribution in [0.4, 0.5) is 5.69 Å². The lowest BCUT2D eigenvalue weighted by molar-refractivity contribution is -0.140. The van der Waals surface area contributed by atoms with E-state index in [2.05, 4.69) is 5.32 Å². The molecule has 0 aliphatic heterocycles. The van der Waals surface area contributed by atoms with Gasteiger partial charge < -0.3 is 10.2 Å². The predicted octanol–water partition coefficient (Wildman–Crippen LogP) is 7.81. The van der Waals surface area contributed by atoms with E-state index in [1.807, 2.05) is 63.2 Å². The highest BCUT2D eigenvalue weighted by atomic mass is 35.5. The van der Waals surface area contributed by atoms with Crippen molar-refractivity contribution in [1.29, 1.82) is 0 Å². The van der Waals surface area contributed by atoms with Crippen molar-refractivity contribution in [2.24, 2.45) is 0 Å². The van der Waals surface area contributed by atoms with Crippen molar-refractivity contribution in [3.05, 3.63) is 129 Å². The van der Waals surface area contributed by atoms with Gasteiger partial charge in [-0.1, -0.05) is 108 Å². The number of rotatable bonds is 12. The van der Waals surface area contributed by atoms with Crippen LogP contribution in [-0.2, 0) is 32.6 Å². The van der Waals surface area contributed by atoms with Gasteiger partial charge in [0.2, 0.25) is 11.8 Å². The Kier molecular flexibility index (Phi) is 11.5. The van der Waals surface area contributed by atoms with E-state index in [-0.39, 0.29) is 29.8 Å². The number of carbonyl (C=O) groups is 2. The largest absolute Gasteiger partial charge is 0.352 e. The highest BCUT2D eigenvalue weighted by molar-refractivity contribution is 7.92. The summed E-state index contributed by atoms with van der Waals surface area (Å²) in [6.45, 7) is 4.97. The molecule has 0 heterocycles. The van der Waals surface area contributed by atoms with Gasteiger partial charge in [0, 0.05) is 34.6 Å². The first-order valence-electron chi connectivity index (χ1n) is 16.2. The molecule has 5 rings (SSSR count). The molecule has 2 amide bonds. The Bertz CT molecular complexity index is 1840. The number of nitrogens with zero attached hydrogens (tertiary/aromatic N) is 2. The van der Waals surface area contributed by atoms with Crippen LogP contribution in [0.25, 0.3) is 0 Å². The first-order valence-corrected chi connectivity index (χ1v) is 18.4. The van der Waals surface area contributed by atoms with Crippen molar-refractivity contribution in [1.82, 2.24) is 10.2 Å². The van der Waals surface area contributed by atoms with Gasteiger partial charge in [-0.25, -0.2) is 8.42 Å². The molecule has 4 aromatic rings. The minimum atomic E-state index is -4.21. The maximum absolute atomic E-state index is 14.8. The molecular formula is C38H41Cl2N3O4S. The molecular weight excluding hydrogens is 665 g/mol. The number of carbonyl (C=O) groups excluding carboxylic acids is 2. The van der Waals surface area contributed by atoms with Crippen molar-refractivity contribution in [3.63, 3.8) is 0 Å². The van der Waals surface area contributed by atoms with E-state index >= 15 is 0 Å². The lowest BCUT2D eigenvalue weighted by atomic mass is 10.0. The lowest BCUT2D eigenvalue weighted by Gasteiger charge is -2.35. The van der Waals surface area contributed by atoms with E-state index in [1.165, 1.54) is 4.90 Å². The summed E-state index contributed by atoms with van der Waals surface area (Å²) < 4.78 is 29.9. The Labute approximate surface area is 293 Å². The molecule has 0 radical (unpaired) electrons. The van der Waals surface area contributed by atoms with Gasteiger partial charge in [-0.3, -0.25) is 13.9 Å². The smallest absolute Gasteiger partial charge is 0.264 e.